The minimum absolute atomic E-state index is 0.729. The molecule has 0 atom stereocenters. The maximum absolute atomic E-state index is 6.20. The van der Waals surface area contributed by atoms with Crippen molar-refractivity contribution in [1.82, 2.24) is 14.5 Å². The van der Waals surface area contributed by atoms with Crippen molar-refractivity contribution in [1.29, 1.82) is 0 Å². The molecule has 0 unspecified atom stereocenters. The van der Waals surface area contributed by atoms with Gasteiger partial charge < -0.3 is 9.30 Å². The third kappa shape index (κ3) is 3.63. The maximum Gasteiger partial charge on any atom is 0.141 e. The smallest absolute Gasteiger partial charge is 0.141 e. The third-order valence-corrected chi connectivity index (χ3v) is 5.29. The standard InChI is InChI=1S/C21H24ClN3O/c1-16-5-2-3-6-18(16)21-23-19-15-17(22)7-8-20(19)25(21)10-4-9-24-11-13-26-14-12-24/h2-3,5-8,15H,4,9-14H2,1H3. The van der Waals surface area contributed by atoms with Crippen LogP contribution in [0.4, 0.5) is 0 Å². The summed E-state index contributed by atoms with van der Waals surface area (Å²) in [5.74, 6) is 1.03. The highest BCUT2D eigenvalue weighted by Gasteiger charge is 2.15. The van der Waals surface area contributed by atoms with E-state index in [0.29, 0.717) is 0 Å². The van der Waals surface area contributed by atoms with Crippen LogP contribution in [0.25, 0.3) is 22.4 Å². The molecule has 0 spiro atoms. The molecule has 2 aromatic carbocycles. The Hall–Kier alpha value is -1.88. The lowest BCUT2D eigenvalue weighted by Crippen LogP contribution is -2.37. The summed E-state index contributed by atoms with van der Waals surface area (Å²) in [5, 5.41) is 0.729. The number of morpholine rings is 1. The molecule has 4 nitrogen and oxygen atoms in total. The van der Waals surface area contributed by atoms with Crippen molar-refractivity contribution < 1.29 is 4.74 Å². The highest BCUT2D eigenvalue weighted by molar-refractivity contribution is 6.31. The van der Waals surface area contributed by atoms with Crippen LogP contribution in [0.2, 0.25) is 5.02 Å². The van der Waals surface area contributed by atoms with Crippen LogP contribution in [0, 0.1) is 6.92 Å². The van der Waals surface area contributed by atoms with Gasteiger partial charge in [-0.2, -0.15) is 0 Å². The van der Waals surface area contributed by atoms with E-state index in [1.54, 1.807) is 0 Å². The average molecular weight is 370 g/mol. The van der Waals surface area contributed by atoms with Crippen molar-refractivity contribution in [3.05, 3.63) is 53.1 Å². The van der Waals surface area contributed by atoms with Crippen LogP contribution >= 0.6 is 11.6 Å². The molecule has 0 aliphatic carbocycles. The van der Waals surface area contributed by atoms with E-state index in [9.17, 15) is 0 Å². The second kappa shape index (κ2) is 7.78. The fourth-order valence-corrected chi connectivity index (χ4v) is 3.80. The molecule has 1 fully saturated rings. The van der Waals surface area contributed by atoms with E-state index in [0.717, 1.165) is 67.7 Å². The van der Waals surface area contributed by atoms with Crippen molar-refractivity contribution in [2.24, 2.45) is 0 Å². The number of aryl methyl sites for hydroxylation is 2. The van der Waals surface area contributed by atoms with Gasteiger partial charge in [0.25, 0.3) is 0 Å². The number of aromatic nitrogens is 2. The van der Waals surface area contributed by atoms with Crippen LogP contribution in [0.5, 0.6) is 0 Å². The number of hydrogen-bond acceptors (Lipinski definition) is 3. The van der Waals surface area contributed by atoms with Gasteiger partial charge in [-0.3, -0.25) is 4.90 Å². The van der Waals surface area contributed by atoms with E-state index < -0.39 is 0 Å². The Morgan fingerprint density at radius 1 is 1.08 bits per heavy atom. The minimum atomic E-state index is 0.729. The summed E-state index contributed by atoms with van der Waals surface area (Å²) in [6.45, 7) is 7.93. The fraction of sp³-hybridized carbons (Fsp3) is 0.381. The normalized spacial score (nSPS) is 15.6. The Kier molecular flexibility index (Phi) is 5.25. The monoisotopic (exact) mass is 369 g/mol. The van der Waals surface area contributed by atoms with Gasteiger partial charge in [-0.05, 0) is 37.1 Å². The van der Waals surface area contributed by atoms with Crippen molar-refractivity contribution in [2.75, 3.05) is 32.8 Å². The largest absolute Gasteiger partial charge is 0.379 e. The maximum atomic E-state index is 6.20. The average Bonchev–Trinajstić information content (AvgIpc) is 3.00. The molecule has 2 heterocycles. The molecule has 0 amide bonds. The van der Waals surface area contributed by atoms with E-state index in [2.05, 4.69) is 46.7 Å². The van der Waals surface area contributed by atoms with Crippen LogP contribution in [0.15, 0.2) is 42.5 Å². The SMILES string of the molecule is Cc1ccccc1-c1nc2cc(Cl)ccc2n1CCCN1CCOCC1. The van der Waals surface area contributed by atoms with E-state index in [4.69, 9.17) is 21.3 Å². The van der Waals surface area contributed by atoms with Gasteiger partial charge in [0.15, 0.2) is 0 Å². The molecule has 5 heteroatoms. The van der Waals surface area contributed by atoms with Crippen LogP contribution < -0.4 is 0 Å². The van der Waals surface area contributed by atoms with Crippen LogP contribution in [0.1, 0.15) is 12.0 Å². The molecule has 0 bridgehead atoms. The number of ether oxygens (including phenoxy) is 1. The molecule has 1 aliphatic rings. The summed E-state index contributed by atoms with van der Waals surface area (Å²) < 4.78 is 7.78. The number of rotatable bonds is 5. The van der Waals surface area contributed by atoms with Crippen LogP contribution in [0.3, 0.4) is 0 Å². The topological polar surface area (TPSA) is 30.3 Å². The molecule has 3 aromatic rings. The summed E-state index contributed by atoms with van der Waals surface area (Å²) in [7, 11) is 0. The van der Waals surface area contributed by atoms with Gasteiger partial charge in [-0.15, -0.1) is 0 Å². The van der Waals surface area contributed by atoms with Crippen molar-refractivity contribution >= 4 is 22.6 Å². The predicted octanol–water partition coefficient (Wildman–Crippen LogP) is 4.39. The van der Waals surface area contributed by atoms with E-state index in [-0.39, 0.29) is 0 Å². The molecular formula is C21H24ClN3O. The highest BCUT2D eigenvalue weighted by Crippen LogP contribution is 2.29. The summed E-state index contributed by atoms with van der Waals surface area (Å²) in [6, 6.07) is 14.4. The van der Waals surface area contributed by atoms with Gasteiger partial charge in [0, 0.05) is 36.8 Å². The zero-order valence-electron chi connectivity index (χ0n) is 15.1. The zero-order valence-corrected chi connectivity index (χ0v) is 15.9. The molecule has 26 heavy (non-hydrogen) atoms. The van der Waals surface area contributed by atoms with Gasteiger partial charge in [0.1, 0.15) is 5.82 Å². The number of fused-ring (bicyclic) bond motifs is 1. The summed E-state index contributed by atoms with van der Waals surface area (Å²) >= 11 is 6.20. The predicted molar refractivity (Wildman–Crippen MR) is 107 cm³/mol. The van der Waals surface area contributed by atoms with Crippen molar-refractivity contribution in [3.8, 4) is 11.4 Å². The molecule has 1 saturated heterocycles. The van der Waals surface area contributed by atoms with Crippen molar-refractivity contribution in [3.63, 3.8) is 0 Å². The van der Waals surface area contributed by atoms with Gasteiger partial charge >= 0.3 is 0 Å². The lowest BCUT2D eigenvalue weighted by Gasteiger charge is -2.26. The first-order valence-electron chi connectivity index (χ1n) is 9.24. The fourth-order valence-electron chi connectivity index (χ4n) is 3.64. The Balaban J connectivity index is 1.64. The second-order valence-corrected chi connectivity index (χ2v) is 7.28. The Morgan fingerprint density at radius 2 is 1.88 bits per heavy atom. The van der Waals surface area contributed by atoms with Crippen LogP contribution in [-0.2, 0) is 11.3 Å². The molecule has 136 valence electrons. The van der Waals surface area contributed by atoms with Gasteiger partial charge in [-0.1, -0.05) is 35.9 Å². The minimum Gasteiger partial charge on any atom is -0.379 e. The summed E-state index contributed by atoms with van der Waals surface area (Å²) in [5.41, 5.74) is 4.53. The van der Waals surface area contributed by atoms with Crippen LogP contribution in [-0.4, -0.2) is 47.3 Å². The molecule has 0 radical (unpaired) electrons. The highest BCUT2D eigenvalue weighted by atomic mass is 35.5. The lowest BCUT2D eigenvalue weighted by molar-refractivity contribution is 0.0370. The second-order valence-electron chi connectivity index (χ2n) is 6.84. The number of hydrogen-bond donors (Lipinski definition) is 0. The first-order chi connectivity index (χ1) is 12.7. The molecule has 1 aromatic heterocycles. The third-order valence-electron chi connectivity index (χ3n) is 5.06. The van der Waals surface area contributed by atoms with Gasteiger partial charge in [0.2, 0.25) is 0 Å². The molecule has 0 saturated carbocycles. The van der Waals surface area contributed by atoms with Gasteiger partial charge in [0.05, 0.1) is 24.2 Å². The van der Waals surface area contributed by atoms with E-state index in [1.807, 2.05) is 12.1 Å². The quantitative estimate of drug-likeness (QED) is 0.668. The van der Waals surface area contributed by atoms with Gasteiger partial charge in [-0.25, -0.2) is 4.98 Å². The van der Waals surface area contributed by atoms with Crippen molar-refractivity contribution in [2.45, 2.75) is 19.9 Å². The number of benzene rings is 2. The lowest BCUT2D eigenvalue weighted by atomic mass is 10.1. The summed E-state index contributed by atoms with van der Waals surface area (Å²) in [6.07, 6.45) is 1.09. The molecule has 1 aliphatic heterocycles. The summed E-state index contributed by atoms with van der Waals surface area (Å²) in [4.78, 5) is 7.39. The Bertz CT molecular complexity index is 899. The Morgan fingerprint density at radius 3 is 2.69 bits per heavy atom. The first kappa shape index (κ1) is 17.5. The molecule has 0 N–H and O–H groups in total. The Labute approximate surface area is 159 Å². The van der Waals surface area contributed by atoms with E-state index in [1.165, 1.54) is 11.1 Å². The first-order valence-corrected chi connectivity index (χ1v) is 9.62. The molecule has 4 rings (SSSR count). The zero-order chi connectivity index (χ0) is 17.9. The number of imidazole rings is 1. The molecular weight excluding hydrogens is 346 g/mol. The number of halogens is 1. The number of nitrogens with zero attached hydrogens (tertiary/aromatic N) is 3. The van der Waals surface area contributed by atoms with E-state index >= 15 is 0 Å².